The van der Waals surface area contributed by atoms with Crippen LogP contribution in [0.25, 0.3) is 0 Å². The number of rotatable bonds is 6. The summed E-state index contributed by atoms with van der Waals surface area (Å²) >= 11 is 0. The second-order valence-corrected chi connectivity index (χ2v) is 4.37. The topological polar surface area (TPSA) is 58.3 Å². The van der Waals surface area contributed by atoms with E-state index >= 15 is 0 Å². The third-order valence-corrected chi connectivity index (χ3v) is 2.90. The zero-order valence-electron chi connectivity index (χ0n) is 10.4. The molecule has 0 amide bonds. The lowest BCUT2D eigenvalue weighted by Crippen LogP contribution is -2.36. The number of benzene rings is 1. The van der Waals surface area contributed by atoms with Gasteiger partial charge in [0.25, 0.3) is 0 Å². The minimum Gasteiger partial charge on any atom is -0.396 e. The zero-order valence-corrected chi connectivity index (χ0v) is 10.4. The Bertz CT molecular complexity index is 357. The molecule has 96 valence electrons. The van der Waals surface area contributed by atoms with Gasteiger partial charge in [0.05, 0.1) is 0 Å². The summed E-state index contributed by atoms with van der Waals surface area (Å²) in [5.41, 5.74) is 7.63. The number of aliphatic hydroxyl groups excluding tert-OH is 1. The molecule has 4 heteroatoms. The summed E-state index contributed by atoms with van der Waals surface area (Å²) in [6.07, 6.45) is 0.658. The molecule has 0 radical (unpaired) electrons. The highest BCUT2D eigenvalue weighted by Gasteiger charge is 2.15. The fourth-order valence-electron chi connectivity index (χ4n) is 1.89. The molecule has 0 saturated heterocycles. The Morgan fingerprint density at radius 2 is 2.18 bits per heavy atom. The normalized spacial score (nSPS) is 14.6. The molecule has 2 atom stereocenters. The van der Waals surface area contributed by atoms with E-state index < -0.39 is 0 Å². The monoisotopic (exact) mass is 240 g/mol. The predicted octanol–water partition coefficient (Wildman–Crippen LogP) is 1.49. The van der Waals surface area contributed by atoms with Gasteiger partial charge in [-0.2, -0.15) is 0 Å². The summed E-state index contributed by atoms with van der Waals surface area (Å²) in [6, 6.07) is 4.80. The molecule has 0 aromatic heterocycles. The Morgan fingerprint density at radius 3 is 2.76 bits per heavy atom. The van der Waals surface area contributed by atoms with Crippen LogP contribution in [0, 0.1) is 12.7 Å². The maximum Gasteiger partial charge on any atom is 0.123 e. The summed E-state index contributed by atoms with van der Waals surface area (Å²) in [5, 5.41) is 12.2. The van der Waals surface area contributed by atoms with Gasteiger partial charge in [-0.05, 0) is 43.5 Å². The van der Waals surface area contributed by atoms with E-state index in [4.69, 9.17) is 10.8 Å². The van der Waals surface area contributed by atoms with Crippen LogP contribution in [0.15, 0.2) is 18.2 Å². The molecule has 0 fully saturated rings. The maximum atomic E-state index is 13.2. The van der Waals surface area contributed by atoms with Crippen molar-refractivity contribution in [2.45, 2.75) is 32.4 Å². The highest BCUT2D eigenvalue weighted by Crippen LogP contribution is 2.19. The van der Waals surface area contributed by atoms with Crippen molar-refractivity contribution in [2.75, 3.05) is 13.2 Å². The molecule has 1 aromatic carbocycles. The van der Waals surface area contributed by atoms with Crippen LogP contribution in [0.4, 0.5) is 4.39 Å². The molecule has 2 unspecified atom stereocenters. The van der Waals surface area contributed by atoms with Crippen LogP contribution in [0.1, 0.15) is 30.5 Å². The molecule has 4 N–H and O–H groups in total. The van der Waals surface area contributed by atoms with Crippen LogP contribution in [0.5, 0.6) is 0 Å². The Labute approximate surface area is 102 Å². The molecular formula is C13H21FN2O. The van der Waals surface area contributed by atoms with Crippen molar-refractivity contribution in [3.8, 4) is 0 Å². The first kappa shape index (κ1) is 14.1. The van der Waals surface area contributed by atoms with Crippen LogP contribution in [0.3, 0.4) is 0 Å². The highest BCUT2D eigenvalue weighted by atomic mass is 19.1. The van der Waals surface area contributed by atoms with Gasteiger partial charge in [0.2, 0.25) is 0 Å². The molecule has 1 aromatic rings. The summed E-state index contributed by atoms with van der Waals surface area (Å²) in [4.78, 5) is 0. The van der Waals surface area contributed by atoms with Crippen molar-refractivity contribution < 1.29 is 9.50 Å². The molecule has 17 heavy (non-hydrogen) atoms. The van der Waals surface area contributed by atoms with Gasteiger partial charge in [-0.1, -0.05) is 6.07 Å². The summed E-state index contributed by atoms with van der Waals surface area (Å²) in [5.74, 6) is -0.249. The zero-order chi connectivity index (χ0) is 12.8. The smallest absolute Gasteiger partial charge is 0.123 e. The number of aryl methyl sites for hydroxylation is 1. The number of aliphatic hydroxyl groups is 1. The fraction of sp³-hybridized carbons (Fsp3) is 0.538. The maximum absolute atomic E-state index is 13.2. The largest absolute Gasteiger partial charge is 0.396 e. The second kappa shape index (κ2) is 6.69. The quantitative estimate of drug-likeness (QED) is 0.706. The van der Waals surface area contributed by atoms with Crippen LogP contribution in [0.2, 0.25) is 0 Å². The molecule has 0 aliphatic rings. The number of nitrogens with two attached hydrogens (primary N) is 1. The van der Waals surface area contributed by atoms with E-state index in [9.17, 15) is 4.39 Å². The number of halogens is 1. The summed E-state index contributed by atoms with van der Waals surface area (Å²) in [6.45, 7) is 4.46. The molecule has 3 nitrogen and oxygen atoms in total. The van der Waals surface area contributed by atoms with Gasteiger partial charge in [-0.15, -0.1) is 0 Å². The van der Waals surface area contributed by atoms with E-state index in [-0.39, 0.29) is 24.5 Å². The first-order chi connectivity index (χ1) is 8.08. The van der Waals surface area contributed by atoms with Gasteiger partial charge in [0, 0.05) is 25.2 Å². The molecule has 1 rings (SSSR count). The van der Waals surface area contributed by atoms with Crippen LogP contribution in [-0.2, 0) is 0 Å². The first-order valence-corrected chi connectivity index (χ1v) is 5.91. The van der Waals surface area contributed by atoms with Gasteiger partial charge in [-0.25, -0.2) is 4.39 Å². The average molecular weight is 240 g/mol. The average Bonchev–Trinajstić information content (AvgIpc) is 2.30. The minimum absolute atomic E-state index is 0.0766. The molecule has 0 bridgehead atoms. The van der Waals surface area contributed by atoms with Gasteiger partial charge in [0.15, 0.2) is 0 Å². The van der Waals surface area contributed by atoms with Crippen LogP contribution < -0.4 is 11.1 Å². The van der Waals surface area contributed by atoms with Crippen molar-refractivity contribution in [3.05, 3.63) is 35.1 Å². The van der Waals surface area contributed by atoms with E-state index in [1.165, 1.54) is 12.1 Å². The first-order valence-electron chi connectivity index (χ1n) is 5.91. The van der Waals surface area contributed by atoms with E-state index in [1.807, 2.05) is 13.8 Å². The van der Waals surface area contributed by atoms with Gasteiger partial charge in [-0.3, -0.25) is 0 Å². The van der Waals surface area contributed by atoms with Crippen molar-refractivity contribution >= 4 is 0 Å². The van der Waals surface area contributed by atoms with Crippen molar-refractivity contribution in [1.82, 2.24) is 5.32 Å². The van der Waals surface area contributed by atoms with Crippen molar-refractivity contribution in [2.24, 2.45) is 5.73 Å². The lowest BCUT2D eigenvalue weighted by molar-refractivity contribution is 0.263. The lowest BCUT2D eigenvalue weighted by Gasteiger charge is -2.23. The van der Waals surface area contributed by atoms with Gasteiger partial charge in [0.1, 0.15) is 5.82 Å². The Morgan fingerprint density at radius 1 is 1.47 bits per heavy atom. The lowest BCUT2D eigenvalue weighted by atomic mass is 10.00. The van der Waals surface area contributed by atoms with Crippen molar-refractivity contribution in [1.29, 1.82) is 0 Å². The Hall–Kier alpha value is -0.970. The number of hydrogen-bond acceptors (Lipinski definition) is 3. The molecule has 0 aliphatic heterocycles. The summed E-state index contributed by atoms with van der Waals surface area (Å²) < 4.78 is 13.2. The predicted molar refractivity (Wildman–Crippen MR) is 67.2 cm³/mol. The Balaban J connectivity index is 2.82. The molecule has 0 aliphatic carbocycles. The molecule has 0 saturated carbocycles. The molecular weight excluding hydrogens is 219 g/mol. The van der Waals surface area contributed by atoms with Crippen molar-refractivity contribution in [3.63, 3.8) is 0 Å². The fourth-order valence-corrected chi connectivity index (χ4v) is 1.89. The highest BCUT2D eigenvalue weighted by molar-refractivity contribution is 5.29. The van der Waals surface area contributed by atoms with E-state index in [0.29, 0.717) is 13.0 Å². The standard InChI is InChI=1S/C13H21FN2O/c1-9-3-4-11(14)7-12(9)13(8-15)16-10(2)5-6-17/h3-4,7,10,13,16-17H,5-6,8,15H2,1-2H3. The second-order valence-electron chi connectivity index (χ2n) is 4.37. The van der Waals surface area contributed by atoms with Crippen LogP contribution >= 0.6 is 0 Å². The van der Waals surface area contributed by atoms with Gasteiger partial charge < -0.3 is 16.2 Å². The van der Waals surface area contributed by atoms with E-state index in [2.05, 4.69) is 5.32 Å². The van der Waals surface area contributed by atoms with Gasteiger partial charge >= 0.3 is 0 Å². The number of nitrogens with one attached hydrogen (secondary N) is 1. The SMILES string of the molecule is Cc1ccc(F)cc1C(CN)NC(C)CCO. The van der Waals surface area contributed by atoms with E-state index in [0.717, 1.165) is 11.1 Å². The Kier molecular flexibility index (Phi) is 5.55. The third-order valence-electron chi connectivity index (χ3n) is 2.90. The third kappa shape index (κ3) is 4.07. The number of hydrogen-bond donors (Lipinski definition) is 3. The summed E-state index contributed by atoms with van der Waals surface area (Å²) in [7, 11) is 0. The van der Waals surface area contributed by atoms with E-state index in [1.54, 1.807) is 6.07 Å². The minimum atomic E-state index is -0.249. The van der Waals surface area contributed by atoms with Crippen LogP contribution in [-0.4, -0.2) is 24.3 Å². The molecule has 0 spiro atoms. The molecule has 0 heterocycles.